The van der Waals surface area contributed by atoms with Crippen molar-refractivity contribution in [3.8, 4) is 6.07 Å². The number of carbonyl (C=O) groups excluding carboxylic acids is 1. The van der Waals surface area contributed by atoms with E-state index in [1.165, 1.54) is 5.56 Å². The molecule has 3 nitrogen and oxygen atoms in total. The minimum absolute atomic E-state index is 0.107. The Labute approximate surface area is 120 Å². The monoisotopic (exact) mass is 271 g/mol. The molecule has 1 aromatic carbocycles. The maximum absolute atomic E-state index is 10.6. The van der Waals surface area contributed by atoms with Gasteiger partial charge in [0.2, 0.25) is 0 Å². The second-order valence-electron chi connectivity index (χ2n) is 5.60. The zero-order chi connectivity index (χ0) is 14.4. The van der Waals surface area contributed by atoms with Gasteiger partial charge in [0.05, 0.1) is 17.2 Å². The fourth-order valence-electron chi connectivity index (χ4n) is 3.19. The first-order valence-corrected chi connectivity index (χ1v) is 7.22. The molecule has 1 saturated carbocycles. The first-order chi connectivity index (χ1) is 9.73. The van der Waals surface area contributed by atoms with E-state index < -0.39 is 0 Å². The number of rotatable bonds is 5. The van der Waals surface area contributed by atoms with Crippen molar-refractivity contribution in [3.05, 3.63) is 35.4 Å². The van der Waals surface area contributed by atoms with Crippen molar-refractivity contribution in [1.29, 1.82) is 5.26 Å². The molecule has 1 aromatic rings. The number of methoxy groups -OCH3 is 1. The molecule has 106 valence electrons. The molecule has 1 aliphatic rings. The van der Waals surface area contributed by atoms with Crippen LogP contribution in [-0.4, -0.2) is 19.0 Å². The Balaban J connectivity index is 1.99. The van der Waals surface area contributed by atoms with Crippen LogP contribution in [0.25, 0.3) is 0 Å². The highest BCUT2D eigenvalue weighted by molar-refractivity contribution is 5.49. The average molecular weight is 271 g/mol. The van der Waals surface area contributed by atoms with Gasteiger partial charge in [-0.05, 0) is 55.7 Å². The molecular weight excluding hydrogens is 250 g/mol. The lowest BCUT2D eigenvalue weighted by Crippen LogP contribution is -2.35. The lowest BCUT2D eigenvalue weighted by molar-refractivity contribution is -0.110. The molecule has 0 aromatic heterocycles. The van der Waals surface area contributed by atoms with Gasteiger partial charge in [-0.2, -0.15) is 5.26 Å². The Morgan fingerprint density at radius 2 is 2.00 bits per heavy atom. The van der Waals surface area contributed by atoms with Gasteiger partial charge in [-0.3, -0.25) is 0 Å². The number of benzene rings is 1. The van der Waals surface area contributed by atoms with Gasteiger partial charge in [-0.25, -0.2) is 0 Å². The Kier molecular flexibility index (Phi) is 4.92. The van der Waals surface area contributed by atoms with Gasteiger partial charge in [-0.15, -0.1) is 0 Å². The van der Waals surface area contributed by atoms with E-state index in [-0.39, 0.29) is 5.60 Å². The third-order valence-electron chi connectivity index (χ3n) is 4.56. The summed E-state index contributed by atoms with van der Waals surface area (Å²) < 4.78 is 5.70. The number of nitrogens with zero attached hydrogens (tertiary/aromatic N) is 1. The van der Waals surface area contributed by atoms with Gasteiger partial charge >= 0.3 is 0 Å². The van der Waals surface area contributed by atoms with E-state index in [1.54, 1.807) is 7.11 Å². The molecule has 0 spiro atoms. The third kappa shape index (κ3) is 3.26. The Hall–Kier alpha value is -1.66. The van der Waals surface area contributed by atoms with Gasteiger partial charge in [0.25, 0.3) is 0 Å². The lowest BCUT2D eigenvalue weighted by atomic mass is 9.74. The van der Waals surface area contributed by atoms with Crippen LogP contribution in [0.3, 0.4) is 0 Å². The summed E-state index contributed by atoms with van der Waals surface area (Å²) >= 11 is 0. The summed E-state index contributed by atoms with van der Waals surface area (Å²) in [7, 11) is 1.76. The molecule has 2 rings (SSSR count). The van der Waals surface area contributed by atoms with Crippen LogP contribution in [0.4, 0.5) is 0 Å². The Morgan fingerprint density at radius 3 is 2.50 bits per heavy atom. The molecule has 0 saturated heterocycles. The second kappa shape index (κ2) is 6.67. The fraction of sp³-hybridized carbons (Fsp3) is 0.529. The van der Waals surface area contributed by atoms with Gasteiger partial charge in [0.1, 0.15) is 6.29 Å². The molecule has 0 atom stereocenters. The summed E-state index contributed by atoms with van der Waals surface area (Å²) in [6, 6.07) is 10.1. The molecule has 0 heterocycles. The maximum atomic E-state index is 10.6. The summed E-state index contributed by atoms with van der Waals surface area (Å²) in [5.41, 5.74) is 1.91. The number of hydrogen-bond donors (Lipinski definition) is 0. The van der Waals surface area contributed by atoms with Crippen molar-refractivity contribution in [2.45, 2.75) is 50.0 Å². The summed E-state index contributed by atoms with van der Waals surface area (Å²) in [6.45, 7) is 0. The molecule has 0 radical (unpaired) electrons. The zero-order valence-corrected chi connectivity index (χ0v) is 12.0. The first kappa shape index (κ1) is 14.7. The second-order valence-corrected chi connectivity index (χ2v) is 5.60. The van der Waals surface area contributed by atoms with Gasteiger partial charge in [0.15, 0.2) is 0 Å². The predicted octanol–water partition coefficient (Wildman–Crippen LogP) is 3.58. The molecule has 0 aliphatic heterocycles. The quantitative estimate of drug-likeness (QED) is 0.769. The predicted molar refractivity (Wildman–Crippen MR) is 77.4 cm³/mol. The average Bonchev–Trinajstić information content (AvgIpc) is 2.53. The van der Waals surface area contributed by atoms with Crippen LogP contribution in [0.2, 0.25) is 0 Å². The summed E-state index contributed by atoms with van der Waals surface area (Å²) in [6.07, 6.45) is 6.55. The van der Waals surface area contributed by atoms with Crippen molar-refractivity contribution in [3.63, 3.8) is 0 Å². The molecule has 0 amide bonds. The number of aldehydes is 1. The van der Waals surface area contributed by atoms with Crippen molar-refractivity contribution < 1.29 is 9.53 Å². The molecule has 1 fully saturated rings. The minimum atomic E-state index is -0.107. The highest BCUT2D eigenvalue weighted by Crippen LogP contribution is 2.41. The fourth-order valence-corrected chi connectivity index (χ4v) is 3.19. The van der Waals surface area contributed by atoms with E-state index in [2.05, 4.69) is 18.2 Å². The SMILES string of the molecule is COC1(CCC=O)CCC(c2ccc(C#N)cc2)CC1. The molecule has 0 N–H and O–H groups in total. The topological polar surface area (TPSA) is 50.1 Å². The summed E-state index contributed by atoms with van der Waals surface area (Å²) in [5, 5.41) is 8.83. The number of carbonyl (C=O) groups is 1. The van der Waals surface area contributed by atoms with Gasteiger partial charge < -0.3 is 9.53 Å². The molecule has 0 unspecified atom stereocenters. The Morgan fingerprint density at radius 1 is 1.35 bits per heavy atom. The van der Waals surface area contributed by atoms with Crippen molar-refractivity contribution in [2.75, 3.05) is 7.11 Å². The number of nitriles is 1. The summed E-state index contributed by atoms with van der Waals surface area (Å²) in [4.78, 5) is 10.6. The largest absolute Gasteiger partial charge is 0.378 e. The van der Waals surface area contributed by atoms with Crippen LogP contribution in [0, 0.1) is 11.3 Å². The highest BCUT2D eigenvalue weighted by Gasteiger charge is 2.35. The molecule has 1 aliphatic carbocycles. The third-order valence-corrected chi connectivity index (χ3v) is 4.56. The highest BCUT2D eigenvalue weighted by atomic mass is 16.5. The molecular formula is C17H21NO2. The smallest absolute Gasteiger partial charge is 0.120 e. The molecule has 20 heavy (non-hydrogen) atoms. The van der Waals surface area contributed by atoms with Crippen molar-refractivity contribution >= 4 is 6.29 Å². The van der Waals surface area contributed by atoms with Gasteiger partial charge in [0, 0.05) is 13.5 Å². The van der Waals surface area contributed by atoms with E-state index in [9.17, 15) is 4.79 Å². The van der Waals surface area contributed by atoms with Crippen molar-refractivity contribution in [1.82, 2.24) is 0 Å². The van der Waals surface area contributed by atoms with Crippen LogP contribution in [0.15, 0.2) is 24.3 Å². The van der Waals surface area contributed by atoms with E-state index >= 15 is 0 Å². The van der Waals surface area contributed by atoms with E-state index in [4.69, 9.17) is 10.00 Å². The molecule has 0 bridgehead atoms. The van der Waals surface area contributed by atoms with Crippen LogP contribution in [-0.2, 0) is 9.53 Å². The first-order valence-electron chi connectivity index (χ1n) is 7.22. The van der Waals surface area contributed by atoms with Crippen LogP contribution in [0.1, 0.15) is 55.6 Å². The minimum Gasteiger partial charge on any atom is -0.378 e. The lowest BCUT2D eigenvalue weighted by Gasteiger charge is -2.39. The number of ether oxygens (including phenoxy) is 1. The Bertz CT molecular complexity index is 479. The van der Waals surface area contributed by atoms with Crippen molar-refractivity contribution in [2.24, 2.45) is 0 Å². The van der Waals surface area contributed by atoms with Crippen LogP contribution >= 0.6 is 0 Å². The summed E-state index contributed by atoms with van der Waals surface area (Å²) in [5.74, 6) is 0.544. The van der Waals surface area contributed by atoms with E-state index in [0.717, 1.165) is 38.4 Å². The van der Waals surface area contributed by atoms with Gasteiger partial charge in [-0.1, -0.05) is 12.1 Å². The van der Waals surface area contributed by atoms with Crippen LogP contribution in [0.5, 0.6) is 0 Å². The zero-order valence-electron chi connectivity index (χ0n) is 12.0. The maximum Gasteiger partial charge on any atom is 0.120 e. The van der Waals surface area contributed by atoms with Crippen LogP contribution < -0.4 is 0 Å². The normalized spacial score (nSPS) is 25.9. The van der Waals surface area contributed by atoms with E-state index in [1.807, 2.05) is 12.1 Å². The standard InChI is InChI=1S/C17H21NO2/c1-20-17(9-2-12-19)10-7-16(8-11-17)15-5-3-14(13-18)4-6-15/h3-6,12,16H,2,7-11H2,1H3. The molecule has 3 heteroatoms. The van der Waals surface area contributed by atoms with E-state index in [0.29, 0.717) is 17.9 Å². The number of hydrogen-bond acceptors (Lipinski definition) is 3.